The van der Waals surface area contributed by atoms with E-state index < -0.39 is 0 Å². The van der Waals surface area contributed by atoms with Gasteiger partial charge >= 0.3 is 0 Å². The Hall–Kier alpha value is -1.16. The van der Waals surface area contributed by atoms with Crippen LogP contribution in [0.25, 0.3) is 10.7 Å². The minimum Gasteiger partial charge on any atom is -0.263 e. The van der Waals surface area contributed by atoms with Crippen molar-refractivity contribution in [3.05, 3.63) is 23.3 Å². The first-order valence-corrected chi connectivity index (χ1v) is 6.23. The highest BCUT2D eigenvalue weighted by molar-refractivity contribution is 7.13. The van der Waals surface area contributed by atoms with Crippen LogP contribution in [0.15, 0.2) is 17.5 Å². The van der Waals surface area contributed by atoms with Gasteiger partial charge in [0.2, 0.25) is 0 Å². The number of thiophene rings is 1. The second-order valence-electron chi connectivity index (χ2n) is 3.54. The molecular weight excluding hydrogens is 206 g/mol. The van der Waals surface area contributed by atoms with Crippen molar-refractivity contribution in [1.82, 2.24) is 15.2 Å². The van der Waals surface area contributed by atoms with E-state index in [2.05, 4.69) is 22.1 Å². The molecule has 0 amide bonds. The Morgan fingerprint density at radius 2 is 2.33 bits per heavy atom. The summed E-state index contributed by atoms with van der Waals surface area (Å²) >= 11 is 1.67. The molecule has 3 nitrogen and oxygen atoms in total. The molecule has 1 N–H and O–H groups in total. The molecule has 0 atom stereocenters. The molecule has 0 fully saturated rings. The van der Waals surface area contributed by atoms with E-state index in [0.29, 0.717) is 0 Å². The molecule has 15 heavy (non-hydrogen) atoms. The monoisotopic (exact) mass is 221 g/mol. The lowest BCUT2D eigenvalue weighted by Gasteiger charge is -1.93. The van der Waals surface area contributed by atoms with Gasteiger partial charge in [-0.1, -0.05) is 25.8 Å². The van der Waals surface area contributed by atoms with Crippen LogP contribution in [-0.2, 0) is 6.42 Å². The Balaban J connectivity index is 1.98. The van der Waals surface area contributed by atoms with Gasteiger partial charge in [-0.2, -0.15) is 5.10 Å². The van der Waals surface area contributed by atoms with E-state index in [4.69, 9.17) is 0 Å². The van der Waals surface area contributed by atoms with E-state index in [1.54, 1.807) is 11.3 Å². The van der Waals surface area contributed by atoms with E-state index >= 15 is 0 Å². The van der Waals surface area contributed by atoms with Crippen LogP contribution in [0.3, 0.4) is 0 Å². The Morgan fingerprint density at radius 1 is 1.40 bits per heavy atom. The van der Waals surface area contributed by atoms with Gasteiger partial charge in [-0.3, -0.25) is 5.10 Å². The predicted octanol–water partition coefficient (Wildman–Crippen LogP) is 3.27. The van der Waals surface area contributed by atoms with Crippen LogP contribution in [0.2, 0.25) is 0 Å². The van der Waals surface area contributed by atoms with Crippen LogP contribution in [0, 0.1) is 0 Å². The lowest BCUT2D eigenvalue weighted by Crippen LogP contribution is -1.87. The highest BCUT2D eigenvalue weighted by atomic mass is 32.1. The Kier molecular flexibility index (Phi) is 3.50. The first-order valence-electron chi connectivity index (χ1n) is 5.35. The van der Waals surface area contributed by atoms with Crippen LogP contribution in [0.5, 0.6) is 0 Å². The second-order valence-corrected chi connectivity index (χ2v) is 4.49. The van der Waals surface area contributed by atoms with Crippen molar-refractivity contribution in [2.24, 2.45) is 0 Å². The minimum atomic E-state index is 0.830. The summed E-state index contributed by atoms with van der Waals surface area (Å²) in [5, 5.41) is 9.25. The molecule has 0 saturated carbocycles. The molecule has 0 aromatic carbocycles. The standard InChI is InChI=1S/C11H15N3S/c1-2-3-4-7-10-12-11(14-13-10)9-6-5-8-15-9/h5-6,8H,2-4,7H2,1H3,(H,12,13,14). The summed E-state index contributed by atoms with van der Waals surface area (Å²) in [6, 6.07) is 4.07. The fraction of sp³-hybridized carbons (Fsp3) is 0.455. The van der Waals surface area contributed by atoms with Gasteiger partial charge in [-0.15, -0.1) is 11.3 Å². The van der Waals surface area contributed by atoms with Crippen LogP contribution in [0.4, 0.5) is 0 Å². The SMILES string of the molecule is CCCCCc1nc(-c2cccs2)n[nH]1. The lowest BCUT2D eigenvalue weighted by molar-refractivity contribution is 0.695. The topological polar surface area (TPSA) is 41.6 Å². The third-order valence-electron chi connectivity index (χ3n) is 2.29. The molecule has 0 radical (unpaired) electrons. The quantitative estimate of drug-likeness (QED) is 0.787. The first-order chi connectivity index (χ1) is 7.40. The van der Waals surface area contributed by atoms with Gasteiger partial charge in [0.15, 0.2) is 5.82 Å². The number of aromatic nitrogens is 3. The lowest BCUT2D eigenvalue weighted by atomic mass is 10.2. The van der Waals surface area contributed by atoms with Crippen molar-refractivity contribution in [2.45, 2.75) is 32.6 Å². The van der Waals surface area contributed by atoms with Crippen molar-refractivity contribution in [3.8, 4) is 10.7 Å². The number of aryl methyl sites for hydroxylation is 1. The fourth-order valence-corrected chi connectivity index (χ4v) is 2.12. The summed E-state index contributed by atoms with van der Waals surface area (Å²) in [6.07, 6.45) is 4.70. The number of H-pyrrole nitrogens is 1. The highest BCUT2D eigenvalue weighted by Gasteiger charge is 2.05. The van der Waals surface area contributed by atoms with E-state index in [1.807, 2.05) is 17.5 Å². The number of nitrogens with zero attached hydrogens (tertiary/aromatic N) is 2. The summed E-state index contributed by atoms with van der Waals surface area (Å²) in [7, 11) is 0. The van der Waals surface area contributed by atoms with Gasteiger partial charge in [0.25, 0.3) is 0 Å². The Morgan fingerprint density at radius 3 is 3.07 bits per heavy atom. The molecule has 2 aromatic rings. The molecule has 0 aliphatic rings. The third-order valence-corrected chi connectivity index (χ3v) is 3.16. The van der Waals surface area contributed by atoms with Crippen LogP contribution in [-0.4, -0.2) is 15.2 Å². The fourth-order valence-electron chi connectivity index (χ4n) is 1.47. The second kappa shape index (κ2) is 5.07. The Labute approximate surface area is 93.6 Å². The highest BCUT2D eigenvalue weighted by Crippen LogP contribution is 2.20. The smallest absolute Gasteiger partial charge is 0.191 e. The molecule has 0 aliphatic carbocycles. The third kappa shape index (κ3) is 2.65. The summed E-state index contributed by atoms with van der Waals surface area (Å²) in [6.45, 7) is 2.21. The number of hydrogen-bond donors (Lipinski definition) is 1. The zero-order valence-corrected chi connectivity index (χ0v) is 9.68. The Bertz CT molecular complexity index is 392. The molecule has 0 spiro atoms. The van der Waals surface area contributed by atoms with E-state index in [9.17, 15) is 0 Å². The van der Waals surface area contributed by atoms with Gasteiger partial charge in [-0.25, -0.2) is 4.98 Å². The maximum Gasteiger partial charge on any atom is 0.191 e. The number of hydrogen-bond acceptors (Lipinski definition) is 3. The normalized spacial score (nSPS) is 10.7. The average molecular weight is 221 g/mol. The molecule has 0 aliphatic heterocycles. The predicted molar refractivity (Wildman–Crippen MR) is 62.9 cm³/mol. The van der Waals surface area contributed by atoms with Crippen molar-refractivity contribution >= 4 is 11.3 Å². The summed E-state index contributed by atoms with van der Waals surface area (Å²) in [5.74, 6) is 1.84. The van der Waals surface area contributed by atoms with Gasteiger partial charge in [0.05, 0.1) is 4.88 Å². The van der Waals surface area contributed by atoms with Crippen LogP contribution >= 0.6 is 11.3 Å². The summed E-state index contributed by atoms with van der Waals surface area (Å²) < 4.78 is 0. The largest absolute Gasteiger partial charge is 0.263 e. The molecule has 4 heteroatoms. The number of unbranched alkanes of at least 4 members (excludes halogenated alkanes) is 2. The number of nitrogens with one attached hydrogen (secondary N) is 1. The molecule has 0 bridgehead atoms. The van der Waals surface area contributed by atoms with Crippen molar-refractivity contribution in [3.63, 3.8) is 0 Å². The van der Waals surface area contributed by atoms with E-state index in [-0.39, 0.29) is 0 Å². The summed E-state index contributed by atoms with van der Waals surface area (Å²) in [4.78, 5) is 5.60. The van der Waals surface area contributed by atoms with Crippen molar-refractivity contribution < 1.29 is 0 Å². The summed E-state index contributed by atoms with van der Waals surface area (Å²) in [5.41, 5.74) is 0. The molecule has 2 aromatic heterocycles. The zero-order chi connectivity index (χ0) is 10.5. The van der Waals surface area contributed by atoms with E-state index in [0.717, 1.165) is 22.9 Å². The number of rotatable bonds is 5. The first kappa shape index (κ1) is 10.4. The molecule has 80 valence electrons. The maximum absolute atomic E-state index is 4.47. The molecule has 0 saturated heterocycles. The van der Waals surface area contributed by atoms with Gasteiger partial charge in [0.1, 0.15) is 5.82 Å². The minimum absolute atomic E-state index is 0.830. The number of aromatic amines is 1. The maximum atomic E-state index is 4.47. The van der Waals surface area contributed by atoms with Crippen LogP contribution in [0.1, 0.15) is 32.0 Å². The van der Waals surface area contributed by atoms with Crippen LogP contribution < -0.4 is 0 Å². The van der Waals surface area contributed by atoms with Crippen molar-refractivity contribution in [1.29, 1.82) is 0 Å². The molecular formula is C11H15N3S. The van der Waals surface area contributed by atoms with Crippen molar-refractivity contribution in [2.75, 3.05) is 0 Å². The zero-order valence-electron chi connectivity index (χ0n) is 8.86. The van der Waals surface area contributed by atoms with E-state index in [1.165, 1.54) is 19.3 Å². The molecule has 2 rings (SSSR count). The molecule has 0 unspecified atom stereocenters. The van der Waals surface area contributed by atoms with Gasteiger partial charge in [-0.05, 0) is 17.9 Å². The molecule has 2 heterocycles. The average Bonchev–Trinajstić information content (AvgIpc) is 2.87. The van der Waals surface area contributed by atoms with Gasteiger partial charge < -0.3 is 0 Å². The van der Waals surface area contributed by atoms with Gasteiger partial charge in [0, 0.05) is 6.42 Å².